The van der Waals surface area contributed by atoms with Gasteiger partial charge in [-0.05, 0) is 52.9 Å². The number of anilines is 1. The van der Waals surface area contributed by atoms with Crippen molar-refractivity contribution in [1.29, 1.82) is 0 Å². The monoisotopic (exact) mass is 481 g/mol. The molecule has 34 heavy (non-hydrogen) atoms. The Morgan fingerprint density at radius 1 is 1.09 bits per heavy atom. The molecule has 4 aromatic rings. The molecule has 0 unspecified atom stereocenters. The van der Waals surface area contributed by atoms with Crippen molar-refractivity contribution >= 4 is 23.3 Å². The van der Waals surface area contributed by atoms with Crippen LogP contribution in [0.15, 0.2) is 71.3 Å². The summed E-state index contributed by atoms with van der Waals surface area (Å²) in [5, 5.41) is 7.23. The Kier molecular flexibility index (Phi) is 6.75. The van der Waals surface area contributed by atoms with Crippen molar-refractivity contribution in [3.8, 4) is 5.75 Å². The zero-order valence-electron chi connectivity index (χ0n) is 19.1. The molecule has 1 N–H and O–H groups in total. The van der Waals surface area contributed by atoms with Crippen LogP contribution >= 0.6 is 11.6 Å². The zero-order valence-corrected chi connectivity index (χ0v) is 19.9. The van der Waals surface area contributed by atoms with Gasteiger partial charge in [-0.2, -0.15) is 5.10 Å². The molecule has 0 aliphatic rings. The standard InChI is InChI=1S/C26H25ClFN3O3/c1-26(2,3)18-6-10-20(11-7-18)33-16-21-12-13-23(34-21)25(32)29-24-22(27)15-31(30-24)14-17-4-8-19(28)9-5-17/h4-13,15H,14,16H2,1-3H3,(H,29,30,32). The first-order valence-electron chi connectivity index (χ1n) is 10.8. The van der Waals surface area contributed by atoms with Crippen molar-refractivity contribution in [2.24, 2.45) is 0 Å². The number of carbonyl (C=O) groups is 1. The number of ether oxygens (including phenoxy) is 1. The Labute approximate surface area is 202 Å². The van der Waals surface area contributed by atoms with Gasteiger partial charge in [-0.15, -0.1) is 0 Å². The quantitative estimate of drug-likeness (QED) is 0.329. The highest BCUT2D eigenvalue weighted by Crippen LogP contribution is 2.25. The fourth-order valence-electron chi connectivity index (χ4n) is 3.29. The molecule has 6 nitrogen and oxygen atoms in total. The molecule has 0 saturated heterocycles. The molecule has 0 saturated carbocycles. The SMILES string of the molecule is CC(C)(C)c1ccc(OCc2ccc(C(=O)Nc3nn(Cc4ccc(F)cc4)cc3Cl)o2)cc1. The predicted octanol–water partition coefficient (Wildman–Crippen LogP) is 6.45. The van der Waals surface area contributed by atoms with Crippen LogP contribution in [0.3, 0.4) is 0 Å². The van der Waals surface area contributed by atoms with Crippen molar-refractivity contribution in [3.05, 3.63) is 100 Å². The van der Waals surface area contributed by atoms with E-state index in [1.54, 1.807) is 35.1 Å². The average Bonchev–Trinajstić information content (AvgIpc) is 3.40. The van der Waals surface area contributed by atoms with Crippen LogP contribution in [0.4, 0.5) is 10.2 Å². The second-order valence-electron chi connectivity index (χ2n) is 8.93. The van der Waals surface area contributed by atoms with Gasteiger partial charge in [0, 0.05) is 6.20 Å². The maximum atomic E-state index is 13.1. The van der Waals surface area contributed by atoms with Crippen LogP contribution in [-0.4, -0.2) is 15.7 Å². The predicted molar refractivity (Wildman–Crippen MR) is 129 cm³/mol. The van der Waals surface area contributed by atoms with E-state index in [0.717, 1.165) is 5.56 Å². The van der Waals surface area contributed by atoms with E-state index in [4.69, 9.17) is 20.8 Å². The summed E-state index contributed by atoms with van der Waals surface area (Å²) in [5.41, 5.74) is 2.14. The highest BCUT2D eigenvalue weighted by molar-refractivity contribution is 6.33. The molecule has 0 fully saturated rings. The van der Waals surface area contributed by atoms with Crippen molar-refractivity contribution in [1.82, 2.24) is 9.78 Å². The number of nitrogens with one attached hydrogen (secondary N) is 1. The minimum absolute atomic E-state index is 0.0709. The smallest absolute Gasteiger partial charge is 0.292 e. The first-order valence-corrected chi connectivity index (χ1v) is 11.2. The molecule has 0 aliphatic carbocycles. The van der Waals surface area contributed by atoms with Crippen LogP contribution in [-0.2, 0) is 18.6 Å². The lowest BCUT2D eigenvalue weighted by atomic mass is 9.87. The Hall–Kier alpha value is -3.58. The number of nitrogens with zero attached hydrogens (tertiary/aromatic N) is 2. The molecule has 2 heterocycles. The molecule has 2 aromatic carbocycles. The van der Waals surface area contributed by atoms with Gasteiger partial charge in [0.2, 0.25) is 0 Å². The number of carbonyl (C=O) groups excluding carboxylic acids is 1. The average molecular weight is 482 g/mol. The van der Waals surface area contributed by atoms with Gasteiger partial charge in [0.15, 0.2) is 11.6 Å². The topological polar surface area (TPSA) is 69.3 Å². The number of hydrogen-bond acceptors (Lipinski definition) is 4. The first-order chi connectivity index (χ1) is 16.2. The molecule has 0 bridgehead atoms. The molecule has 2 aromatic heterocycles. The molecular formula is C26H25ClFN3O3. The maximum absolute atomic E-state index is 13.1. The Morgan fingerprint density at radius 2 is 1.79 bits per heavy atom. The van der Waals surface area contributed by atoms with Gasteiger partial charge in [-0.25, -0.2) is 4.39 Å². The Morgan fingerprint density at radius 3 is 2.47 bits per heavy atom. The Balaban J connectivity index is 1.34. The van der Waals surface area contributed by atoms with Crippen molar-refractivity contribution < 1.29 is 18.3 Å². The number of benzene rings is 2. The zero-order chi connectivity index (χ0) is 24.3. The fraction of sp³-hybridized carbons (Fsp3) is 0.231. The lowest BCUT2D eigenvalue weighted by Gasteiger charge is -2.19. The van der Waals surface area contributed by atoms with E-state index >= 15 is 0 Å². The third-order valence-electron chi connectivity index (χ3n) is 5.19. The number of aromatic nitrogens is 2. The number of furan rings is 1. The van der Waals surface area contributed by atoms with Gasteiger partial charge in [0.25, 0.3) is 5.91 Å². The van der Waals surface area contributed by atoms with E-state index in [9.17, 15) is 9.18 Å². The molecule has 1 amide bonds. The molecule has 0 radical (unpaired) electrons. The van der Waals surface area contributed by atoms with Crippen LogP contribution in [0, 0.1) is 5.82 Å². The van der Waals surface area contributed by atoms with E-state index in [0.29, 0.717) is 18.1 Å². The van der Waals surface area contributed by atoms with Gasteiger partial charge >= 0.3 is 0 Å². The van der Waals surface area contributed by atoms with E-state index in [-0.39, 0.29) is 34.4 Å². The molecule has 0 aliphatic heterocycles. The summed E-state index contributed by atoms with van der Waals surface area (Å²) in [6, 6.07) is 17.2. The van der Waals surface area contributed by atoms with Gasteiger partial charge in [-0.1, -0.05) is 56.6 Å². The summed E-state index contributed by atoms with van der Waals surface area (Å²) < 4.78 is 26.0. The highest BCUT2D eigenvalue weighted by atomic mass is 35.5. The molecule has 0 spiro atoms. The third kappa shape index (κ3) is 5.85. The van der Waals surface area contributed by atoms with Gasteiger partial charge in [0.05, 0.1) is 6.54 Å². The minimum atomic E-state index is -0.477. The summed E-state index contributed by atoms with van der Waals surface area (Å²) in [5.74, 6) is 0.770. The summed E-state index contributed by atoms with van der Waals surface area (Å²) >= 11 is 6.22. The molecule has 0 atom stereocenters. The van der Waals surface area contributed by atoms with E-state index in [1.807, 2.05) is 24.3 Å². The van der Waals surface area contributed by atoms with E-state index in [1.165, 1.54) is 17.7 Å². The highest BCUT2D eigenvalue weighted by Gasteiger charge is 2.17. The lowest BCUT2D eigenvalue weighted by molar-refractivity contribution is 0.0992. The maximum Gasteiger partial charge on any atom is 0.292 e. The fourth-order valence-corrected chi connectivity index (χ4v) is 3.49. The largest absolute Gasteiger partial charge is 0.486 e. The molecular weight excluding hydrogens is 457 g/mol. The lowest BCUT2D eigenvalue weighted by Crippen LogP contribution is -2.12. The number of halogens is 2. The number of hydrogen-bond donors (Lipinski definition) is 1. The molecule has 8 heteroatoms. The van der Waals surface area contributed by atoms with Gasteiger partial charge < -0.3 is 14.5 Å². The van der Waals surface area contributed by atoms with E-state index in [2.05, 4.69) is 31.2 Å². The molecule has 176 valence electrons. The van der Waals surface area contributed by atoms with Crippen LogP contribution in [0.2, 0.25) is 5.02 Å². The summed E-state index contributed by atoms with van der Waals surface area (Å²) in [7, 11) is 0. The van der Waals surface area contributed by atoms with Crippen LogP contribution in [0.5, 0.6) is 5.75 Å². The summed E-state index contributed by atoms with van der Waals surface area (Å²) in [6.45, 7) is 7.04. The summed E-state index contributed by atoms with van der Waals surface area (Å²) in [6.07, 6.45) is 1.59. The summed E-state index contributed by atoms with van der Waals surface area (Å²) in [4.78, 5) is 12.6. The molecule has 4 rings (SSSR count). The Bertz CT molecular complexity index is 1270. The van der Waals surface area contributed by atoms with Crippen LogP contribution in [0.1, 0.15) is 48.2 Å². The number of rotatable bonds is 7. The van der Waals surface area contributed by atoms with Crippen LogP contribution < -0.4 is 10.1 Å². The minimum Gasteiger partial charge on any atom is -0.486 e. The second-order valence-corrected chi connectivity index (χ2v) is 9.34. The normalized spacial score (nSPS) is 11.4. The third-order valence-corrected chi connectivity index (χ3v) is 5.47. The van der Waals surface area contributed by atoms with Gasteiger partial charge in [0.1, 0.15) is 29.0 Å². The van der Waals surface area contributed by atoms with Gasteiger partial charge in [-0.3, -0.25) is 9.48 Å². The van der Waals surface area contributed by atoms with Crippen molar-refractivity contribution in [2.45, 2.75) is 39.3 Å². The van der Waals surface area contributed by atoms with Crippen molar-refractivity contribution in [3.63, 3.8) is 0 Å². The van der Waals surface area contributed by atoms with E-state index < -0.39 is 5.91 Å². The van der Waals surface area contributed by atoms with Crippen LogP contribution in [0.25, 0.3) is 0 Å². The first kappa shape index (κ1) is 23.6. The van der Waals surface area contributed by atoms with Crippen molar-refractivity contribution in [2.75, 3.05) is 5.32 Å². The second kappa shape index (κ2) is 9.73. The number of amides is 1.